The average molecular weight is 156 g/mol. The summed E-state index contributed by atoms with van der Waals surface area (Å²) in [6.45, 7) is 1.62. The zero-order chi connectivity index (χ0) is 8.32. The minimum absolute atomic E-state index is 0.203. The fraction of sp³-hybridized carbons (Fsp3) is 0.889. The van der Waals surface area contributed by atoms with Crippen LogP contribution in [0.2, 0.25) is 0 Å². The molecule has 0 aliphatic heterocycles. The van der Waals surface area contributed by atoms with E-state index in [2.05, 4.69) is 0 Å². The minimum atomic E-state index is -1.07. The number of carbonyl (C=O) groups is 1. The van der Waals surface area contributed by atoms with Crippen LogP contribution in [0.4, 0.5) is 0 Å². The molecule has 1 rings (SSSR count). The third-order valence-electron chi connectivity index (χ3n) is 2.67. The first kappa shape index (κ1) is 8.72. The van der Waals surface area contributed by atoms with E-state index in [9.17, 15) is 9.90 Å². The quantitative estimate of drug-likeness (QED) is 0.615. The second kappa shape index (κ2) is 3.35. The van der Waals surface area contributed by atoms with Crippen molar-refractivity contribution in [2.45, 2.75) is 44.6 Å². The Balaban J connectivity index is 2.50. The number of carbonyl (C=O) groups excluding carboxylic acids is 1. The number of hydrogen-bond donors (Lipinski definition) is 1. The maximum atomic E-state index is 10.5. The zero-order valence-corrected chi connectivity index (χ0v) is 7.05. The van der Waals surface area contributed by atoms with Gasteiger partial charge in [-0.15, -0.1) is 0 Å². The van der Waals surface area contributed by atoms with E-state index in [1.165, 1.54) is 6.42 Å². The molecule has 1 aliphatic carbocycles. The molecular weight excluding hydrogens is 140 g/mol. The van der Waals surface area contributed by atoms with E-state index in [1.54, 1.807) is 6.92 Å². The van der Waals surface area contributed by atoms with Crippen molar-refractivity contribution in [1.29, 1.82) is 0 Å². The predicted molar refractivity (Wildman–Crippen MR) is 43.3 cm³/mol. The SMILES string of the molecule is C[C@](O)(C=O)C1CCCCC1. The van der Waals surface area contributed by atoms with Crippen LogP contribution in [-0.2, 0) is 4.79 Å². The lowest BCUT2D eigenvalue weighted by Gasteiger charge is -2.30. The molecule has 0 aromatic heterocycles. The molecule has 11 heavy (non-hydrogen) atoms. The van der Waals surface area contributed by atoms with Crippen LogP contribution >= 0.6 is 0 Å². The molecular formula is C9H16O2. The lowest BCUT2D eigenvalue weighted by atomic mass is 9.79. The van der Waals surface area contributed by atoms with Crippen LogP contribution < -0.4 is 0 Å². The summed E-state index contributed by atoms with van der Waals surface area (Å²) in [7, 11) is 0. The molecule has 0 amide bonds. The van der Waals surface area contributed by atoms with Crippen LogP contribution in [-0.4, -0.2) is 17.0 Å². The normalized spacial score (nSPS) is 26.0. The van der Waals surface area contributed by atoms with Gasteiger partial charge >= 0.3 is 0 Å². The number of aliphatic hydroxyl groups is 1. The molecule has 0 spiro atoms. The Bertz CT molecular complexity index is 134. The van der Waals surface area contributed by atoms with E-state index in [0.717, 1.165) is 25.7 Å². The van der Waals surface area contributed by atoms with Crippen molar-refractivity contribution in [3.05, 3.63) is 0 Å². The van der Waals surface area contributed by atoms with E-state index in [-0.39, 0.29) is 5.92 Å². The summed E-state index contributed by atoms with van der Waals surface area (Å²) in [5.41, 5.74) is -1.07. The van der Waals surface area contributed by atoms with Gasteiger partial charge in [0.1, 0.15) is 5.60 Å². The Labute approximate surface area is 67.6 Å². The maximum Gasteiger partial charge on any atom is 0.151 e. The Kier molecular flexibility index (Phi) is 2.66. The molecule has 0 bridgehead atoms. The van der Waals surface area contributed by atoms with Crippen molar-refractivity contribution in [2.24, 2.45) is 5.92 Å². The summed E-state index contributed by atoms with van der Waals surface area (Å²) in [6.07, 6.45) is 6.27. The van der Waals surface area contributed by atoms with Crippen molar-refractivity contribution in [3.8, 4) is 0 Å². The number of rotatable bonds is 2. The summed E-state index contributed by atoms with van der Waals surface area (Å²) in [5.74, 6) is 0.203. The molecule has 0 unspecified atom stereocenters. The van der Waals surface area contributed by atoms with Gasteiger partial charge in [-0.3, -0.25) is 0 Å². The Morgan fingerprint density at radius 1 is 1.36 bits per heavy atom. The zero-order valence-electron chi connectivity index (χ0n) is 7.05. The van der Waals surface area contributed by atoms with E-state index >= 15 is 0 Å². The smallest absolute Gasteiger partial charge is 0.151 e. The summed E-state index contributed by atoms with van der Waals surface area (Å²) < 4.78 is 0. The van der Waals surface area contributed by atoms with Crippen LogP contribution in [0.5, 0.6) is 0 Å². The first-order chi connectivity index (χ1) is 5.17. The molecule has 1 atom stereocenters. The third kappa shape index (κ3) is 2.03. The lowest BCUT2D eigenvalue weighted by molar-refractivity contribution is -0.128. The van der Waals surface area contributed by atoms with Gasteiger partial charge in [0, 0.05) is 0 Å². The monoisotopic (exact) mass is 156 g/mol. The second-order valence-electron chi connectivity index (χ2n) is 3.68. The lowest BCUT2D eigenvalue weighted by Crippen LogP contribution is -2.37. The van der Waals surface area contributed by atoms with Gasteiger partial charge in [0.2, 0.25) is 0 Å². The molecule has 0 radical (unpaired) electrons. The molecule has 64 valence electrons. The van der Waals surface area contributed by atoms with Gasteiger partial charge < -0.3 is 9.90 Å². The standard InChI is InChI=1S/C9H16O2/c1-9(11,7-10)8-5-3-2-4-6-8/h7-8,11H,2-6H2,1H3/t9-/m0/s1. The van der Waals surface area contributed by atoms with E-state index in [4.69, 9.17) is 0 Å². The van der Waals surface area contributed by atoms with Crippen LogP contribution in [0.25, 0.3) is 0 Å². The molecule has 2 nitrogen and oxygen atoms in total. The minimum Gasteiger partial charge on any atom is -0.382 e. The third-order valence-corrected chi connectivity index (χ3v) is 2.67. The fourth-order valence-corrected chi connectivity index (χ4v) is 1.78. The van der Waals surface area contributed by atoms with Crippen molar-refractivity contribution in [1.82, 2.24) is 0 Å². The van der Waals surface area contributed by atoms with Gasteiger partial charge in [-0.2, -0.15) is 0 Å². The van der Waals surface area contributed by atoms with E-state index in [1.807, 2.05) is 0 Å². The predicted octanol–water partition coefficient (Wildman–Crippen LogP) is 1.52. The van der Waals surface area contributed by atoms with Crippen molar-refractivity contribution in [3.63, 3.8) is 0 Å². The highest BCUT2D eigenvalue weighted by Gasteiger charge is 2.31. The highest BCUT2D eigenvalue weighted by molar-refractivity contribution is 5.61. The molecule has 1 fully saturated rings. The van der Waals surface area contributed by atoms with Crippen LogP contribution in [0.1, 0.15) is 39.0 Å². The Morgan fingerprint density at radius 2 is 1.91 bits per heavy atom. The molecule has 0 aromatic rings. The molecule has 1 aliphatic rings. The largest absolute Gasteiger partial charge is 0.382 e. The number of hydrogen-bond acceptors (Lipinski definition) is 2. The average Bonchev–Trinajstić information content (AvgIpc) is 2.06. The topological polar surface area (TPSA) is 37.3 Å². The Morgan fingerprint density at radius 3 is 2.36 bits per heavy atom. The van der Waals surface area contributed by atoms with Gasteiger partial charge in [-0.1, -0.05) is 19.3 Å². The number of aldehydes is 1. The summed E-state index contributed by atoms with van der Waals surface area (Å²) in [6, 6.07) is 0. The highest BCUT2D eigenvalue weighted by atomic mass is 16.3. The molecule has 1 N–H and O–H groups in total. The van der Waals surface area contributed by atoms with E-state index in [0.29, 0.717) is 6.29 Å². The van der Waals surface area contributed by atoms with Gasteiger partial charge in [-0.25, -0.2) is 0 Å². The van der Waals surface area contributed by atoms with Gasteiger partial charge in [0.25, 0.3) is 0 Å². The molecule has 0 saturated heterocycles. The van der Waals surface area contributed by atoms with Crippen molar-refractivity contribution in [2.75, 3.05) is 0 Å². The molecule has 0 aromatic carbocycles. The summed E-state index contributed by atoms with van der Waals surface area (Å²) in [5, 5.41) is 9.58. The molecule has 2 heteroatoms. The fourth-order valence-electron chi connectivity index (χ4n) is 1.78. The van der Waals surface area contributed by atoms with Crippen molar-refractivity contribution >= 4 is 6.29 Å². The van der Waals surface area contributed by atoms with Crippen LogP contribution in [0, 0.1) is 5.92 Å². The van der Waals surface area contributed by atoms with Crippen LogP contribution in [0.15, 0.2) is 0 Å². The summed E-state index contributed by atoms with van der Waals surface area (Å²) in [4.78, 5) is 10.5. The first-order valence-electron chi connectivity index (χ1n) is 4.35. The maximum absolute atomic E-state index is 10.5. The second-order valence-corrected chi connectivity index (χ2v) is 3.68. The van der Waals surface area contributed by atoms with Gasteiger partial charge in [0.15, 0.2) is 6.29 Å². The first-order valence-corrected chi connectivity index (χ1v) is 4.35. The van der Waals surface area contributed by atoms with Gasteiger partial charge in [-0.05, 0) is 25.7 Å². The highest BCUT2D eigenvalue weighted by Crippen LogP contribution is 2.31. The van der Waals surface area contributed by atoms with Gasteiger partial charge in [0.05, 0.1) is 0 Å². The van der Waals surface area contributed by atoms with E-state index < -0.39 is 5.60 Å². The Hall–Kier alpha value is -0.370. The van der Waals surface area contributed by atoms with Crippen molar-refractivity contribution < 1.29 is 9.90 Å². The summed E-state index contributed by atoms with van der Waals surface area (Å²) >= 11 is 0. The van der Waals surface area contributed by atoms with Crippen LogP contribution in [0.3, 0.4) is 0 Å². The molecule has 1 saturated carbocycles. The molecule has 0 heterocycles.